The summed E-state index contributed by atoms with van der Waals surface area (Å²) in [6.07, 6.45) is 4.84. The van der Waals surface area contributed by atoms with Crippen molar-refractivity contribution in [3.63, 3.8) is 0 Å². The van der Waals surface area contributed by atoms with Crippen LogP contribution in [0.5, 0.6) is 0 Å². The zero-order valence-electron chi connectivity index (χ0n) is 9.99. The molecule has 0 aromatic carbocycles. The fourth-order valence-corrected chi connectivity index (χ4v) is 1.82. The van der Waals surface area contributed by atoms with Crippen molar-refractivity contribution in [3.8, 4) is 11.3 Å². The van der Waals surface area contributed by atoms with Gasteiger partial charge in [-0.05, 0) is 49.6 Å². The second-order valence-electron chi connectivity index (χ2n) is 4.04. The van der Waals surface area contributed by atoms with E-state index >= 15 is 0 Å². The largest absolute Gasteiger partial charge is 0.262 e. The van der Waals surface area contributed by atoms with Crippen LogP contribution in [0.3, 0.4) is 0 Å². The lowest BCUT2D eigenvalue weighted by atomic mass is 10.1. The minimum Gasteiger partial charge on any atom is -0.262 e. The molecule has 2 rings (SSSR count). The van der Waals surface area contributed by atoms with E-state index in [1.807, 2.05) is 25.4 Å². The second kappa shape index (κ2) is 4.44. The molecule has 0 fully saturated rings. The number of nitrogens with zero attached hydrogens (tertiary/aromatic N) is 2. The van der Waals surface area contributed by atoms with Crippen molar-refractivity contribution in [1.82, 2.24) is 9.97 Å². The van der Waals surface area contributed by atoms with E-state index in [0.717, 1.165) is 23.4 Å². The first kappa shape index (κ1) is 10.8. The Morgan fingerprint density at radius 1 is 1.12 bits per heavy atom. The fraction of sp³-hybridized carbons (Fsp3) is 0.286. The maximum Gasteiger partial charge on any atom is 0.0706 e. The molecule has 2 heterocycles. The Balaban J connectivity index is 2.45. The normalized spacial score (nSPS) is 10.4. The van der Waals surface area contributed by atoms with Gasteiger partial charge in [-0.3, -0.25) is 9.97 Å². The summed E-state index contributed by atoms with van der Waals surface area (Å²) in [6.45, 7) is 6.29. The maximum absolute atomic E-state index is 4.49. The lowest BCUT2D eigenvalue weighted by molar-refractivity contribution is 1.07. The van der Waals surface area contributed by atoms with Crippen LogP contribution in [-0.2, 0) is 6.42 Å². The molecule has 16 heavy (non-hydrogen) atoms. The Labute approximate surface area is 96.4 Å². The Morgan fingerprint density at radius 3 is 2.56 bits per heavy atom. The van der Waals surface area contributed by atoms with E-state index in [4.69, 9.17) is 0 Å². The highest BCUT2D eigenvalue weighted by atomic mass is 14.7. The van der Waals surface area contributed by atoms with Crippen LogP contribution in [0.2, 0.25) is 0 Å². The first-order valence-electron chi connectivity index (χ1n) is 5.59. The van der Waals surface area contributed by atoms with Gasteiger partial charge in [0.15, 0.2) is 0 Å². The monoisotopic (exact) mass is 212 g/mol. The van der Waals surface area contributed by atoms with E-state index in [0.29, 0.717) is 0 Å². The zero-order chi connectivity index (χ0) is 11.5. The number of rotatable bonds is 2. The van der Waals surface area contributed by atoms with Crippen LogP contribution in [0.1, 0.15) is 23.7 Å². The third-order valence-corrected chi connectivity index (χ3v) is 2.79. The van der Waals surface area contributed by atoms with Crippen LogP contribution in [0.15, 0.2) is 30.6 Å². The molecule has 0 saturated carbocycles. The van der Waals surface area contributed by atoms with Crippen molar-refractivity contribution < 1.29 is 0 Å². The summed E-state index contributed by atoms with van der Waals surface area (Å²) in [5.74, 6) is 0. The lowest BCUT2D eigenvalue weighted by Crippen LogP contribution is -1.92. The Morgan fingerprint density at radius 2 is 1.94 bits per heavy atom. The third kappa shape index (κ3) is 2.11. The maximum atomic E-state index is 4.49. The quantitative estimate of drug-likeness (QED) is 0.763. The number of pyridine rings is 2. The van der Waals surface area contributed by atoms with Gasteiger partial charge in [-0.2, -0.15) is 0 Å². The van der Waals surface area contributed by atoms with Gasteiger partial charge in [-0.25, -0.2) is 0 Å². The Bertz CT molecular complexity index is 504. The Hall–Kier alpha value is -1.70. The molecule has 2 nitrogen and oxygen atoms in total. The van der Waals surface area contributed by atoms with E-state index < -0.39 is 0 Å². The molecule has 0 amide bonds. The van der Waals surface area contributed by atoms with Crippen molar-refractivity contribution in [1.29, 1.82) is 0 Å². The molecule has 2 aromatic rings. The molecular formula is C14H16N2. The second-order valence-corrected chi connectivity index (χ2v) is 4.04. The highest BCUT2D eigenvalue weighted by Gasteiger charge is 2.02. The van der Waals surface area contributed by atoms with Crippen LogP contribution in [0, 0.1) is 13.8 Å². The minimum absolute atomic E-state index is 1.02. The summed E-state index contributed by atoms with van der Waals surface area (Å²) in [6, 6.07) is 6.21. The van der Waals surface area contributed by atoms with Gasteiger partial charge in [-0.15, -0.1) is 0 Å². The molecule has 0 spiro atoms. The summed E-state index contributed by atoms with van der Waals surface area (Å²) in [5.41, 5.74) is 5.81. The van der Waals surface area contributed by atoms with Gasteiger partial charge in [-0.1, -0.05) is 6.92 Å². The predicted octanol–water partition coefficient (Wildman–Crippen LogP) is 3.32. The molecule has 0 saturated heterocycles. The topological polar surface area (TPSA) is 25.8 Å². The number of hydrogen-bond donors (Lipinski definition) is 0. The smallest absolute Gasteiger partial charge is 0.0706 e. The average Bonchev–Trinajstić information content (AvgIpc) is 2.29. The molecule has 0 N–H and O–H groups in total. The summed E-state index contributed by atoms with van der Waals surface area (Å²) in [4.78, 5) is 8.69. The number of aromatic nitrogens is 2. The molecule has 0 atom stereocenters. The minimum atomic E-state index is 1.02. The molecule has 0 radical (unpaired) electrons. The van der Waals surface area contributed by atoms with Gasteiger partial charge in [0.25, 0.3) is 0 Å². The molecular weight excluding hydrogens is 196 g/mol. The van der Waals surface area contributed by atoms with Crippen LogP contribution < -0.4 is 0 Å². The summed E-state index contributed by atoms with van der Waals surface area (Å²) in [5, 5.41) is 0. The van der Waals surface area contributed by atoms with Gasteiger partial charge < -0.3 is 0 Å². The molecule has 0 aliphatic carbocycles. The molecule has 0 unspecified atom stereocenters. The first-order chi connectivity index (χ1) is 7.70. The van der Waals surface area contributed by atoms with Crippen molar-refractivity contribution >= 4 is 0 Å². The van der Waals surface area contributed by atoms with Crippen molar-refractivity contribution in [2.75, 3.05) is 0 Å². The van der Waals surface area contributed by atoms with Gasteiger partial charge in [0.2, 0.25) is 0 Å². The van der Waals surface area contributed by atoms with Gasteiger partial charge in [0.1, 0.15) is 0 Å². The van der Waals surface area contributed by atoms with Crippen LogP contribution in [-0.4, -0.2) is 9.97 Å². The van der Waals surface area contributed by atoms with E-state index in [2.05, 4.69) is 35.9 Å². The number of hydrogen-bond acceptors (Lipinski definition) is 2. The van der Waals surface area contributed by atoms with E-state index in [1.54, 1.807) is 0 Å². The highest BCUT2D eigenvalue weighted by Crippen LogP contribution is 2.19. The van der Waals surface area contributed by atoms with E-state index in [1.165, 1.54) is 11.1 Å². The van der Waals surface area contributed by atoms with E-state index in [-0.39, 0.29) is 0 Å². The predicted molar refractivity (Wildman–Crippen MR) is 66.3 cm³/mol. The summed E-state index contributed by atoms with van der Waals surface area (Å²) < 4.78 is 0. The molecule has 2 aromatic heterocycles. The summed E-state index contributed by atoms with van der Waals surface area (Å²) in [7, 11) is 0. The average molecular weight is 212 g/mol. The standard InChI is InChI=1S/C14H16N2/c1-4-12-9-16-14(7-10(12)2)13-5-6-15-11(3)8-13/h5-9H,4H2,1-3H3. The SMILES string of the molecule is CCc1cnc(-c2ccnc(C)c2)cc1C. The Kier molecular flexibility index (Phi) is 3.00. The molecule has 0 aliphatic heterocycles. The van der Waals surface area contributed by atoms with Crippen LogP contribution >= 0.6 is 0 Å². The fourth-order valence-electron chi connectivity index (χ4n) is 1.82. The molecule has 0 aliphatic rings. The van der Waals surface area contributed by atoms with Crippen molar-refractivity contribution in [2.45, 2.75) is 27.2 Å². The van der Waals surface area contributed by atoms with E-state index in [9.17, 15) is 0 Å². The zero-order valence-corrected chi connectivity index (χ0v) is 9.99. The van der Waals surface area contributed by atoms with Crippen molar-refractivity contribution in [2.24, 2.45) is 0 Å². The van der Waals surface area contributed by atoms with Crippen molar-refractivity contribution in [3.05, 3.63) is 47.4 Å². The van der Waals surface area contributed by atoms with Gasteiger partial charge in [0, 0.05) is 23.7 Å². The molecule has 0 bridgehead atoms. The van der Waals surface area contributed by atoms with Crippen LogP contribution in [0.4, 0.5) is 0 Å². The third-order valence-electron chi connectivity index (χ3n) is 2.79. The summed E-state index contributed by atoms with van der Waals surface area (Å²) >= 11 is 0. The lowest BCUT2D eigenvalue weighted by Gasteiger charge is -2.06. The highest BCUT2D eigenvalue weighted by molar-refractivity contribution is 5.60. The van der Waals surface area contributed by atoms with Crippen LogP contribution in [0.25, 0.3) is 11.3 Å². The van der Waals surface area contributed by atoms with Gasteiger partial charge >= 0.3 is 0 Å². The molecule has 82 valence electrons. The number of aryl methyl sites for hydroxylation is 3. The molecule has 2 heteroatoms. The van der Waals surface area contributed by atoms with Gasteiger partial charge in [0.05, 0.1) is 5.69 Å². The first-order valence-corrected chi connectivity index (χ1v) is 5.59.